The van der Waals surface area contributed by atoms with Gasteiger partial charge in [0.05, 0.1) is 0 Å². The number of hydrogen-bond donors (Lipinski definition) is 3. The summed E-state index contributed by atoms with van der Waals surface area (Å²) in [5.74, 6) is -0.907. The van der Waals surface area contributed by atoms with E-state index >= 15 is 0 Å². The molecule has 0 aromatic heterocycles. The van der Waals surface area contributed by atoms with Gasteiger partial charge in [-0.1, -0.05) is 5.16 Å². The van der Waals surface area contributed by atoms with E-state index in [1.54, 1.807) is 0 Å². The standard InChI is InChI=1S/C11H19F3N4O3/c1-18-4-2-10(3-5-18,9(15)17-20)16-8(19)6-21-7-11(12,13)14/h20H,2-7H2,1H3,(H2,15,17)(H,16,19). The van der Waals surface area contributed by atoms with Crippen LogP contribution < -0.4 is 11.1 Å². The number of nitrogens with two attached hydrogens (primary N) is 1. The van der Waals surface area contributed by atoms with Gasteiger partial charge in [0, 0.05) is 13.1 Å². The quantitative estimate of drug-likeness (QED) is 0.285. The number of alkyl halides is 3. The number of carbonyl (C=O) groups excluding carboxylic acids is 1. The third-order valence-corrected chi connectivity index (χ3v) is 3.32. The van der Waals surface area contributed by atoms with E-state index < -0.39 is 30.8 Å². The van der Waals surface area contributed by atoms with E-state index in [1.165, 1.54) is 0 Å². The van der Waals surface area contributed by atoms with E-state index in [9.17, 15) is 18.0 Å². The Hall–Kier alpha value is -1.55. The van der Waals surface area contributed by atoms with Crippen molar-refractivity contribution < 1.29 is 27.9 Å². The molecule has 1 saturated heterocycles. The lowest BCUT2D eigenvalue weighted by atomic mass is 9.86. The molecule has 122 valence electrons. The summed E-state index contributed by atoms with van der Waals surface area (Å²) in [6, 6.07) is 0. The summed E-state index contributed by atoms with van der Waals surface area (Å²) in [7, 11) is 1.88. The molecular weight excluding hydrogens is 293 g/mol. The molecule has 0 aromatic rings. The van der Waals surface area contributed by atoms with Crippen LogP contribution in [-0.4, -0.2) is 66.9 Å². The highest BCUT2D eigenvalue weighted by molar-refractivity contribution is 5.94. The SMILES string of the molecule is CN1CCC(NC(=O)COCC(F)(F)F)(C(N)=NO)CC1. The van der Waals surface area contributed by atoms with Crippen molar-refractivity contribution in [2.45, 2.75) is 24.6 Å². The van der Waals surface area contributed by atoms with Crippen molar-refractivity contribution in [3.05, 3.63) is 0 Å². The molecule has 0 spiro atoms. The minimum absolute atomic E-state index is 0.167. The van der Waals surface area contributed by atoms with Crippen molar-refractivity contribution >= 4 is 11.7 Å². The van der Waals surface area contributed by atoms with Crippen LogP contribution >= 0.6 is 0 Å². The Balaban J connectivity index is 2.59. The second-order valence-electron chi connectivity index (χ2n) is 5.03. The van der Waals surface area contributed by atoms with Gasteiger partial charge in [0.15, 0.2) is 5.84 Å². The summed E-state index contributed by atoms with van der Waals surface area (Å²) in [4.78, 5) is 13.7. The molecule has 4 N–H and O–H groups in total. The molecule has 1 heterocycles. The van der Waals surface area contributed by atoms with E-state index in [0.29, 0.717) is 25.9 Å². The van der Waals surface area contributed by atoms with Gasteiger partial charge >= 0.3 is 6.18 Å². The highest BCUT2D eigenvalue weighted by Crippen LogP contribution is 2.22. The normalized spacial score (nSPS) is 20.3. The minimum atomic E-state index is -4.49. The van der Waals surface area contributed by atoms with Crippen LogP contribution in [0.5, 0.6) is 0 Å². The number of rotatable bonds is 5. The van der Waals surface area contributed by atoms with Crippen LogP contribution in [0, 0.1) is 0 Å². The van der Waals surface area contributed by atoms with Crippen molar-refractivity contribution in [3.8, 4) is 0 Å². The maximum Gasteiger partial charge on any atom is 0.411 e. The Kier molecular flexibility index (Phi) is 5.78. The maximum absolute atomic E-state index is 11.9. The molecule has 7 nitrogen and oxygen atoms in total. The number of halogens is 3. The molecule has 1 aliphatic heterocycles. The van der Waals surface area contributed by atoms with E-state index in [0.717, 1.165) is 0 Å². The second-order valence-corrected chi connectivity index (χ2v) is 5.03. The first-order valence-electron chi connectivity index (χ1n) is 6.30. The first-order valence-corrected chi connectivity index (χ1v) is 6.30. The number of carbonyl (C=O) groups is 1. The van der Waals surface area contributed by atoms with Gasteiger partial charge in [-0.15, -0.1) is 0 Å². The predicted octanol–water partition coefficient (Wildman–Crippen LogP) is -0.108. The molecule has 1 amide bonds. The number of hydrogen-bond acceptors (Lipinski definition) is 5. The van der Waals surface area contributed by atoms with E-state index in [-0.39, 0.29) is 5.84 Å². The van der Waals surface area contributed by atoms with Crippen molar-refractivity contribution in [2.75, 3.05) is 33.4 Å². The Morgan fingerprint density at radius 1 is 1.48 bits per heavy atom. The molecule has 21 heavy (non-hydrogen) atoms. The molecule has 1 aliphatic rings. The fraction of sp³-hybridized carbons (Fsp3) is 0.818. The van der Waals surface area contributed by atoms with Gasteiger partial charge in [-0.25, -0.2) is 0 Å². The van der Waals surface area contributed by atoms with Gasteiger partial charge in [0.2, 0.25) is 5.91 Å². The van der Waals surface area contributed by atoms with Crippen molar-refractivity contribution in [1.29, 1.82) is 0 Å². The number of amidine groups is 1. The van der Waals surface area contributed by atoms with Crippen LogP contribution in [0.2, 0.25) is 0 Å². The average molecular weight is 312 g/mol. The Morgan fingerprint density at radius 2 is 2.05 bits per heavy atom. The van der Waals surface area contributed by atoms with Crippen LogP contribution in [-0.2, 0) is 9.53 Å². The fourth-order valence-corrected chi connectivity index (χ4v) is 2.10. The minimum Gasteiger partial charge on any atom is -0.409 e. The lowest BCUT2D eigenvalue weighted by Gasteiger charge is -2.40. The maximum atomic E-state index is 11.9. The van der Waals surface area contributed by atoms with Crippen LogP contribution in [0.25, 0.3) is 0 Å². The molecule has 0 aliphatic carbocycles. The summed E-state index contributed by atoms with van der Waals surface area (Å²) in [5.41, 5.74) is 4.56. The lowest BCUT2D eigenvalue weighted by Crippen LogP contribution is -2.62. The predicted molar refractivity (Wildman–Crippen MR) is 67.9 cm³/mol. The molecule has 0 aromatic carbocycles. The van der Waals surface area contributed by atoms with Crippen molar-refractivity contribution in [3.63, 3.8) is 0 Å². The third kappa shape index (κ3) is 5.38. The number of likely N-dealkylation sites (tertiary alicyclic amines) is 1. The molecule has 10 heteroatoms. The topological polar surface area (TPSA) is 100 Å². The molecule has 1 rings (SSSR count). The van der Waals surface area contributed by atoms with Gasteiger partial charge < -0.3 is 25.9 Å². The number of nitrogens with zero attached hydrogens (tertiary/aromatic N) is 2. The van der Waals surface area contributed by atoms with Gasteiger partial charge in [-0.3, -0.25) is 4.79 Å². The van der Waals surface area contributed by atoms with Crippen LogP contribution in [0.1, 0.15) is 12.8 Å². The monoisotopic (exact) mass is 312 g/mol. The summed E-state index contributed by atoms with van der Waals surface area (Å²) in [5, 5.41) is 14.3. The number of amides is 1. The Morgan fingerprint density at radius 3 is 2.52 bits per heavy atom. The zero-order valence-corrected chi connectivity index (χ0v) is 11.6. The van der Waals surface area contributed by atoms with Crippen molar-refractivity contribution in [1.82, 2.24) is 10.2 Å². The van der Waals surface area contributed by atoms with Gasteiger partial charge in [-0.2, -0.15) is 13.2 Å². The Labute approximate surface area is 119 Å². The van der Waals surface area contributed by atoms with Crippen LogP contribution in [0.15, 0.2) is 5.16 Å². The molecular formula is C11H19F3N4O3. The molecule has 1 fully saturated rings. The van der Waals surface area contributed by atoms with Gasteiger partial charge in [0.1, 0.15) is 18.8 Å². The summed E-state index contributed by atoms with van der Waals surface area (Å²) < 4.78 is 40.1. The number of oxime groups is 1. The first kappa shape index (κ1) is 17.5. The van der Waals surface area contributed by atoms with Crippen molar-refractivity contribution in [2.24, 2.45) is 10.9 Å². The largest absolute Gasteiger partial charge is 0.411 e. The molecule has 0 bridgehead atoms. The molecule has 0 atom stereocenters. The zero-order valence-electron chi connectivity index (χ0n) is 11.6. The molecule has 0 saturated carbocycles. The average Bonchev–Trinajstić information content (AvgIpc) is 2.39. The lowest BCUT2D eigenvalue weighted by molar-refractivity contribution is -0.175. The van der Waals surface area contributed by atoms with Gasteiger partial charge in [0.25, 0.3) is 0 Å². The highest BCUT2D eigenvalue weighted by Gasteiger charge is 2.39. The second kappa shape index (κ2) is 6.94. The summed E-state index contributed by atoms with van der Waals surface area (Å²) >= 11 is 0. The summed E-state index contributed by atoms with van der Waals surface area (Å²) in [6.07, 6.45) is -3.70. The zero-order chi connectivity index (χ0) is 16.1. The third-order valence-electron chi connectivity index (χ3n) is 3.32. The highest BCUT2D eigenvalue weighted by atomic mass is 19.4. The fourth-order valence-electron chi connectivity index (χ4n) is 2.10. The molecule has 0 unspecified atom stereocenters. The first-order chi connectivity index (χ1) is 9.68. The Bertz CT molecular complexity index is 393. The van der Waals surface area contributed by atoms with E-state index in [1.807, 2.05) is 11.9 Å². The summed E-state index contributed by atoms with van der Waals surface area (Å²) in [6.45, 7) is -1.05. The number of ether oxygens (including phenoxy) is 1. The van der Waals surface area contributed by atoms with Gasteiger partial charge in [-0.05, 0) is 19.9 Å². The van der Waals surface area contributed by atoms with E-state index in [4.69, 9.17) is 10.9 Å². The number of piperidine rings is 1. The smallest absolute Gasteiger partial charge is 0.409 e. The van der Waals surface area contributed by atoms with Crippen LogP contribution in [0.3, 0.4) is 0 Å². The molecule has 0 radical (unpaired) electrons. The van der Waals surface area contributed by atoms with E-state index in [2.05, 4.69) is 15.2 Å². The van der Waals surface area contributed by atoms with Crippen LogP contribution in [0.4, 0.5) is 13.2 Å². The number of nitrogens with one attached hydrogen (secondary N) is 1.